The molecule has 0 unspecified atom stereocenters. The fourth-order valence-electron chi connectivity index (χ4n) is 3.57. The van der Waals surface area contributed by atoms with Gasteiger partial charge in [-0.25, -0.2) is 0 Å². The van der Waals surface area contributed by atoms with Gasteiger partial charge in [0.05, 0.1) is 17.9 Å². The molecule has 0 radical (unpaired) electrons. The molecule has 27 heavy (non-hydrogen) atoms. The maximum absolute atomic E-state index is 12.8. The molecule has 1 saturated heterocycles. The molecule has 5 nitrogen and oxygen atoms in total. The predicted molar refractivity (Wildman–Crippen MR) is 108 cm³/mol. The quantitative estimate of drug-likeness (QED) is 0.764. The molecule has 0 atom stereocenters. The first-order valence-corrected chi connectivity index (χ1v) is 10.0. The van der Waals surface area contributed by atoms with Crippen LogP contribution in [0.1, 0.15) is 17.3 Å². The lowest BCUT2D eigenvalue weighted by molar-refractivity contribution is -0.115. The topological polar surface area (TPSA) is 43.9 Å². The van der Waals surface area contributed by atoms with Gasteiger partial charge in [-0.1, -0.05) is 30.0 Å². The standard InChI is InChI=1S/C21H23N3O2S/c1-15(25)24-17-5-3-4-6-20(17)27-21-8-7-16(13-18(21)24)19(26)14-23-11-9-22(2)10-12-23/h3-8,13H,9-12,14H2,1-2H3. The second-order valence-electron chi connectivity index (χ2n) is 7.11. The van der Waals surface area contributed by atoms with E-state index < -0.39 is 0 Å². The van der Waals surface area contributed by atoms with Crippen molar-refractivity contribution >= 4 is 34.8 Å². The normalized spacial score (nSPS) is 17.3. The number of rotatable bonds is 3. The van der Waals surface area contributed by atoms with Gasteiger partial charge in [0.25, 0.3) is 0 Å². The number of likely N-dealkylation sites (N-methyl/N-ethyl adjacent to an activating group) is 1. The van der Waals surface area contributed by atoms with Crippen LogP contribution >= 0.6 is 11.8 Å². The molecule has 6 heteroatoms. The van der Waals surface area contributed by atoms with E-state index in [-0.39, 0.29) is 11.7 Å². The number of hydrogen-bond acceptors (Lipinski definition) is 5. The molecule has 2 aromatic carbocycles. The Hall–Kier alpha value is -2.15. The van der Waals surface area contributed by atoms with Crippen LogP contribution in [0.3, 0.4) is 0 Å². The number of ketones is 1. The Kier molecular flexibility index (Phi) is 5.04. The summed E-state index contributed by atoms with van der Waals surface area (Å²) in [7, 11) is 2.11. The highest BCUT2D eigenvalue weighted by atomic mass is 32.2. The highest BCUT2D eigenvalue weighted by Crippen LogP contribution is 2.48. The van der Waals surface area contributed by atoms with Gasteiger partial charge in [0.1, 0.15) is 0 Å². The van der Waals surface area contributed by atoms with Crippen LogP contribution in [0.2, 0.25) is 0 Å². The van der Waals surface area contributed by atoms with Gasteiger partial charge < -0.3 is 4.90 Å². The largest absolute Gasteiger partial charge is 0.304 e. The number of carbonyl (C=O) groups is 2. The maximum Gasteiger partial charge on any atom is 0.228 e. The van der Waals surface area contributed by atoms with Gasteiger partial charge in [0, 0.05) is 48.5 Å². The number of anilines is 2. The fraction of sp³-hybridized carbons (Fsp3) is 0.333. The Morgan fingerprint density at radius 2 is 1.67 bits per heavy atom. The van der Waals surface area contributed by atoms with E-state index in [4.69, 9.17) is 0 Å². The van der Waals surface area contributed by atoms with E-state index in [9.17, 15) is 9.59 Å². The molecule has 0 bridgehead atoms. The van der Waals surface area contributed by atoms with Crippen LogP contribution in [0.15, 0.2) is 52.3 Å². The molecule has 1 fully saturated rings. The van der Waals surface area contributed by atoms with Crippen molar-refractivity contribution < 1.29 is 9.59 Å². The summed E-state index contributed by atoms with van der Waals surface area (Å²) in [4.78, 5) is 33.5. The third-order valence-corrected chi connectivity index (χ3v) is 6.26. The number of nitrogens with zero attached hydrogens (tertiary/aromatic N) is 3. The summed E-state index contributed by atoms with van der Waals surface area (Å²) in [6.45, 7) is 5.80. The third-order valence-electron chi connectivity index (χ3n) is 5.13. The van der Waals surface area contributed by atoms with Crippen molar-refractivity contribution in [3.63, 3.8) is 0 Å². The van der Waals surface area contributed by atoms with E-state index in [0.717, 1.165) is 47.3 Å². The molecule has 2 aliphatic heterocycles. The van der Waals surface area contributed by atoms with E-state index in [1.165, 1.54) is 0 Å². The van der Waals surface area contributed by atoms with Crippen molar-refractivity contribution in [3.8, 4) is 0 Å². The number of piperazine rings is 1. The summed E-state index contributed by atoms with van der Waals surface area (Å²) in [6.07, 6.45) is 0. The zero-order valence-electron chi connectivity index (χ0n) is 15.6. The lowest BCUT2D eigenvalue weighted by Crippen LogP contribution is -2.46. The van der Waals surface area contributed by atoms with Crippen LogP contribution in [-0.2, 0) is 4.79 Å². The molecule has 2 aromatic rings. The summed E-state index contributed by atoms with van der Waals surface area (Å²) in [6, 6.07) is 13.6. The second kappa shape index (κ2) is 7.46. The van der Waals surface area contributed by atoms with Crippen LogP contribution in [0.25, 0.3) is 0 Å². The molecule has 1 amide bonds. The molecule has 140 valence electrons. The number of para-hydroxylation sites is 1. The molecule has 0 spiro atoms. The number of carbonyl (C=O) groups excluding carboxylic acids is 2. The minimum absolute atomic E-state index is 0.0485. The third kappa shape index (κ3) is 3.65. The van der Waals surface area contributed by atoms with Gasteiger partial charge in [-0.3, -0.25) is 19.4 Å². The lowest BCUT2D eigenvalue weighted by atomic mass is 10.1. The molecule has 0 aliphatic carbocycles. The van der Waals surface area contributed by atoms with Crippen molar-refractivity contribution in [2.24, 2.45) is 0 Å². The molecule has 2 aliphatic rings. The Labute approximate surface area is 163 Å². The van der Waals surface area contributed by atoms with Crippen LogP contribution in [-0.4, -0.2) is 61.3 Å². The van der Waals surface area contributed by atoms with Crippen molar-refractivity contribution in [2.45, 2.75) is 16.7 Å². The van der Waals surface area contributed by atoms with E-state index in [1.807, 2.05) is 42.5 Å². The Balaban J connectivity index is 1.61. The van der Waals surface area contributed by atoms with Crippen molar-refractivity contribution in [2.75, 3.05) is 44.7 Å². The summed E-state index contributed by atoms with van der Waals surface area (Å²) < 4.78 is 0. The smallest absolute Gasteiger partial charge is 0.228 e. The van der Waals surface area contributed by atoms with E-state index in [0.29, 0.717) is 12.1 Å². The fourth-order valence-corrected chi connectivity index (χ4v) is 4.61. The molecule has 0 N–H and O–H groups in total. The van der Waals surface area contributed by atoms with Gasteiger partial charge in [-0.2, -0.15) is 0 Å². The van der Waals surface area contributed by atoms with E-state index in [2.05, 4.69) is 16.8 Å². The zero-order chi connectivity index (χ0) is 19.0. The SMILES string of the molecule is CC(=O)N1c2ccccc2Sc2ccc(C(=O)CN3CCN(C)CC3)cc21. The van der Waals surface area contributed by atoms with Crippen LogP contribution in [0.5, 0.6) is 0 Å². The first-order chi connectivity index (χ1) is 13.0. The van der Waals surface area contributed by atoms with Gasteiger partial charge in [-0.15, -0.1) is 0 Å². The monoisotopic (exact) mass is 381 g/mol. The number of fused-ring (bicyclic) bond motifs is 2. The summed E-state index contributed by atoms with van der Waals surface area (Å²) in [5.41, 5.74) is 2.35. The highest BCUT2D eigenvalue weighted by Gasteiger charge is 2.27. The van der Waals surface area contributed by atoms with E-state index >= 15 is 0 Å². The molecule has 0 saturated carbocycles. The van der Waals surface area contributed by atoms with Gasteiger partial charge in [-0.05, 0) is 31.3 Å². The van der Waals surface area contributed by atoms with Crippen LogP contribution in [0.4, 0.5) is 11.4 Å². The van der Waals surface area contributed by atoms with Gasteiger partial charge in [0.2, 0.25) is 5.91 Å². The Bertz CT molecular complexity index is 891. The van der Waals surface area contributed by atoms with Crippen LogP contribution < -0.4 is 4.90 Å². The molecule has 0 aromatic heterocycles. The summed E-state index contributed by atoms with van der Waals surface area (Å²) >= 11 is 1.64. The number of amides is 1. The molecular weight excluding hydrogens is 358 g/mol. The Morgan fingerprint density at radius 1 is 0.963 bits per heavy atom. The van der Waals surface area contributed by atoms with Gasteiger partial charge >= 0.3 is 0 Å². The van der Waals surface area contributed by atoms with Gasteiger partial charge in [0.15, 0.2) is 5.78 Å². The molecular formula is C21H23N3O2S. The summed E-state index contributed by atoms with van der Waals surface area (Å²) in [5, 5.41) is 0. The lowest BCUT2D eigenvalue weighted by Gasteiger charge is -2.32. The van der Waals surface area contributed by atoms with Crippen molar-refractivity contribution in [3.05, 3.63) is 48.0 Å². The minimum Gasteiger partial charge on any atom is -0.304 e. The van der Waals surface area contributed by atoms with Crippen molar-refractivity contribution in [1.29, 1.82) is 0 Å². The second-order valence-corrected chi connectivity index (χ2v) is 8.19. The highest BCUT2D eigenvalue weighted by molar-refractivity contribution is 7.99. The average Bonchev–Trinajstić information content (AvgIpc) is 2.67. The Morgan fingerprint density at radius 3 is 2.41 bits per heavy atom. The van der Waals surface area contributed by atoms with Crippen molar-refractivity contribution in [1.82, 2.24) is 9.80 Å². The van der Waals surface area contributed by atoms with Crippen LogP contribution in [0, 0.1) is 0 Å². The number of Topliss-reactive ketones (excluding diaryl/α,β-unsaturated/α-hetero) is 1. The summed E-state index contributed by atoms with van der Waals surface area (Å²) in [5.74, 6) is 0.0578. The maximum atomic E-state index is 12.8. The predicted octanol–water partition coefficient (Wildman–Crippen LogP) is 3.27. The number of hydrogen-bond donors (Lipinski definition) is 0. The molecule has 4 rings (SSSR count). The first-order valence-electron chi connectivity index (χ1n) is 9.18. The zero-order valence-corrected chi connectivity index (χ0v) is 16.5. The van der Waals surface area contributed by atoms with E-state index in [1.54, 1.807) is 23.6 Å². The minimum atomic E-state index is -0.0485. The number of benzene rings is 2. The molecule has 2 heterocycles. The average molecular weight is 382 g/mol. The first kappa shape index (κ1) is 18.2.